The van der Waals surface area contributed by atoms with Crippen LogP contribution in [0.25, 0.3) is 10.9 Å². The monoisotopic (exact) mass is 363 g/mol. The Morgan fingerprint density at radius 1 is 1.27 bits per heavy atom. The van der Waals surface area contributed by atoms with Crippen molar-refractivity contribution in [2.45, 2.75) is 19.4 Å². The molecule has 0 aliphatic carbocycles. The molecule has 1 unspecified atom stereocenters. The van der Waals surface area contributed by atoms with Crippen molar-refractivity contribution in [3.63, 3.8) is 0 Å². The van der Waals surface area contributed by atoms with Gasteiger partial charge in [-0.1, -0.05) is 0 Å². The molecule has 0 aliphatic heterocycles. The quantitative estimate of drug-likeness (QED) is 0.589. The van der Waals surface area contributed by atoms with E-state index in [0.29, 0.717) is 11.3 Å². The Bertz CT molecular complexity index is 782. The van der Waals surface area contributed by atoms with E-state index in [1.54, 1.807) is 19.4 Å². The van der Waals surface area contributed by atoms with E-state index in [1.165, 1.54) is 11.5 Å². The van der Waals surface area contributed by atoms with Crippen molar-refractivity contribution in [2.24, 2.45) is 5.73 Å². The molecule has 1 heterocycles. The van der Waals surface area contributed by atoms with Crippen molar-refractivity contribution in [3.8, 4) is 5.75 Å². The van der Waals surface area contributed by atoms with Gasteiger partial charge in [-0.05, 0) is 45.1 Å². The minimum Gasteiger partial charge on any atom is -0.497 e. The lowest BCUT2D eigenvalue weighted by Crippen LogP contribution is -2.30. The largest absolute Gasteiger partial charge is 0.497 e. The first-order valence-corrected chi connectivity index (χ1v) is 8.25. The lowest BCUT2D eigenvalue weighted by Gasteiger charge is -2.09. The standard InChI is InChI=1S/C18H25N3O5/c1-12(19)17(22)25-11-26-18(23)21-10-13(7-8-20(2)3)15-6-5-14(24-4)9-16(15)21/h5-6,9-10,12H,7-8,11,19H2,1-4H3. The number of benzene rings is 1. The van der Waals surface area contributed by atoms with Crippen LogP contribution in [0.5, 0.6) is 5.75 Å². The number of likely N-dealkylation sites (N-methyl/N-ethyl adjacent to an activating group) is 1. The van der Waals surface area contributed by atoms with Crippen molar-refractivity contribution in [1.29, 1.82) is 0 Å². The van der Waals surface area contributed by atoms with Crippen LogP contribution < -0.4 is 10.5 Å². The van der Waals surface area contributed by atoms with E-state index in [1.807, 2.05) is 26.2 Å². The molecular weight excluding hydrogens is 338 g/mol. The normalized spacial score (nSPS) is 12.2. The van der Waals surface area contributed by atoms with Gasteiger partial charge in [0.1, 0.15) is 11.8 Å². The Morgan fingerprint density at radius 3 is 2.62 bits per heavy atom. The molecule has 0 amide bonds. The second-order valence-electron chi connectivity index (χ2n) is 6.24. The number of esters is 1. The SMILES string of the molecule is COc1ccc2c(CCN(C)C)cn(C(=O)OCOC(=O)C(C)N)c2c1. The summed E-state index contributed by atoms with van der Waals surface area (Å²) in [5.41, 5.74) is 7.08. The number of methoxy groups -OCH3 is 1. The first-order valence-electron chi connectivity index (χ1n) is 8.25. The van der Waals surface area contributed by atoms with E-state index in [-0.39, 0.29) is 0 Å². The summed E-state index contributed by atoms with van der Waals surface area (Å²) in [6.07, 6.45) is 1.87. The van der Waals surface area contributed by atoms with Crippen LogP contribution in [-0.4, -0.2) is 62.1 Å². The topological polar surface area (TPSA) is 96.0 Å². The molecule has 1 aromatic carbocycles. The minimum absolute atomic E-state index is 0.490. The number of aromatic nitrogens is 1. The van der Waals surface area contributed by atoms with Crippen LogP contribution in [0.4, 0.5) is 4.79 Å². The highest BCUT2D eigenvalue weighted by Crippen LogP contribution is 2.26. The van der Waals surface area contributed by atoms with Crippen LogP contribution in [0, 0.1) is 0 Å². The Morgan fingerprint density at radius 2 is 2.00 bits per heavy atom. The number of ether oxygens (including phenoxy) is 3. The molecule has 0 saturated heterocycles. The Hall–Kier alpha value is -2.58. The van der Waals surface area contributed by atoms with E-state index in [9.17, 15) is 9.59 Å². The summed E-state index contributed by atoms with van der Waals surface area (Å²) in [5.74, 6) is -0.00398. The lowest BCUT2D eigenvalue weighted by molar-refractivity contribution is -0.152. The Labute approximate surface area is 152 Å². The smallest absolute Gasteiger partial charge is 0.421 e. The number of rotatable bonds is 7. The molecule has 1 atom stereocenters. The van der Waals surface area contributed by atoms with Crippen molar-refractivity contribution in [3.05, 3.63) is 30.0 Å². The highest BCUT2D eigenvalue weighted by atomic mass is 16.7. The van der Waals surface area contributed by atoms with Gasteiger partial charge in [0.15, 0.2) is 0 Å². The van der Waals surface area contributed by atoms with Gasteiger partial charge in [0, 0.05) is 24.2 Å². The second kappa shape index (κ2) is 8.68. The van der Waals surface area contributed by atoms with E-state index in [2.05, 4.69) is 4.90 Å². The summed E-state index contributed by atoms with van der Waals surface area (Å²) in [4.78, 5) is 25.8. The van der Waals surface area contributed by atoms with Crippen molar-refractivity contribution < 1.29 is 23.8 Å². The van der Waals surface area contributed by atoms with Crippen molar-refractivity contribution in [2.75, 3.05) is 34.5 Å². The number of nitrogens with two attached hydrogens (primary N) is 1. The molecule has 0 fully saturated rings. The molecule has 26 heavy (non-hydrogen) atoms. The molecule has 0 radical (unpaired) electrons. The average molecular weight is 363 g/mol. The summed E-state index contributed by atoms with van der Waals surface area (Å²) in [5, 5.41) is 0.942. The maximum absolute atomic E-state index is 12.4. The molecule has 2 rings (SSSR count). The van der Waals surface area contributed by atoms with Gasteiger partial charge < -0.3 is 24.8 Å². The first-order chi connectivity index (χ1) is 12.3. The highest BCUT2D eigenvalue weighted by Gasteiger charge is 2.17. The summed E-state index contributed by atoms with van der Waals surface area (Å²) >= 11 is 0. The number of carbonyl (C=O) groups is 2. The van der Waals surface area contributed by atoms with Crippen LogP contribution in [0.1, 0.15) is 12.5 Å². The van der Waals surface area contributed by atoms with Gasteiger partial charge >= 0.3 is 12.1 Å². The van der Waals surface area contributed by atoms with Gasteiger partial charge in [0.25, 0.3) is 0 Å². The molecule has 8 nitrogen and oxygen atoms in total. The molecule has 0 aliphatic rings. The third-order valence-electron chi connectivity index (χ3n) is 3.88. The fraction of sp³-hybridized carbons (Fsp3) is 0.444. The van der Waals surface area contributed by atoms with Gasteiger partial charge in [0.2, 0.25) is 6.79 Å². The number of fused-ring (bicyclic) bond motifs is 1. The highest BCUT2D eigenvalue weighted by molar-refractivity contribution is 5.92. The average Bonchev–Trinajstić information content (AvgIpc) is 2.97. The van der Waals surface area contributed by atoms with Gasteiger partial charge in [-0.3, -0.25) is 9.36 Å². The zero-order chi connectivity index (χ0) is 19.3. The van der Waals surface area contributed by atoms with Gasteiger partial charge in [0.05, 0.1) is 12.6 Å². The summed E-state index contributed by atoms with van der Waals surface area (Å²) in [7, 11) is 5.54. The third kappa shape index (κ3) is 4.74. The number of hydrogen-bond acceptors (Lipinski definition) is 7. The van der Waals surface area contributed by atoms with Gasteiger partial charge in [-0.25, -0.2) is 4.79 Å². The third-order valence-corrected chi connectivity index (χ3v) is 3.88. The molecule has 8 heteroatoms. The van der Waals surface area contributed by atoms with Crippen LogP contribution in [0.2, 0.25) is 0 Å². The second-order valence-corrected chi connectivity index (χ2v) is 6.24. The van der Waals surface area contributed by atoms with Crippen LogP contribution in [0.3, 0.4) is 0 Å². The molecule has 2 N–H and O–H groups in total. The summed E-state index contributed by atoms with van der Waals surface area (Å²) in [6.45, 7) is 1.84. The van der Waals surface area contributed by atoms with Crippen LogP contribution >= 0.6 is 0 Å². The molecule has 2 aromatic rings. The molecule has 0 bridgehead atoms. The lowest BCUT2D eigenvalue weighted by atomic mass is 10.1. The molecule has 1 aromatic heterocycles. The summed E-state index contributed by atoms with van der Waals surface area (Å²) in [6, 6.07) is 4.76. The maximum atomic E-state index is 12.4. The van der Waals surface area contributed by atoms with Crippen molar-refractivity contribution in [1.82, 2.24) is 9.47 Å². The van der Waals surface area contributed by atoms with Crippen LogP contribution in [-0.2, 0) is 20.7 Å². The predicted molar refractivity (Wildman–Crippen MR) is 97.2 cm³/mol. The number of nitrogens with zero attached hydrogens (tertiary/aromatic N) is 2. The maximum Gasteiger partial charge on any atom is 0.421 e. The first kappa shape index (κ1) is 19.7. The zero-order valence-corrected chi connectivity index (χ0v) is 15.5. The van der Waals surface area contributed by atoms with Crippen LogP contribution in [0.15, 0.2) is 24.4 Å². The van der Waals surface area contributed by atoms with E-state index >= 15 is 0 Å². The molecule has 0 saturated carbocycles. The number of carbonyl (C=O) groups excluding carboxylic acids is 2. The zero-order valence-electron chi connectivity index (χ0n) is 15.5. The molecule has 0 spiro atoms. The summed E-state index contributed by atoms with van der Waals surface area (Å²) < 4.78 is 16.5. The van der Waals surface area contributed by atoms with Gasteiger partial charge in [-0.15, -0.1) is 0 Å². The van der Waals surface area contributed by atoms with Crippen molar-refractivity contribution >= 4 is 23.0 Å². The number of hydrogen-bond donors (Lipinski definition) is 1. The minimum atomic E-state index is -0.775. The fourth-order valence-electron chi connectivity index (χ4n) is 2.44. The molecular formula is C18H25N3O5. The predicted octanol–water partition coefficient (Wildman–Crippen LogP) is 1.59. The van der Waals surface area contributed by atoms with E-state index in [4.69, 9.17) is 19.9 Å². The van der Waals surface area contributed by atoms with E-state index < -0.39 is 24.9 Å². The van der Waals surface area contributed by atoms with Gasteiger partial charge in [-0.2, -0.15) is 0 Å². The molecule has 142 valence electrons. The Balaban J connectivity index is 2.23. The fourth-order valence-corrected chi connectivity index (χ4v) is 2.44. The Kier molecular flexibility index (Phi) is 6.59. The van der Waals surface area contributed by atoms with E-state index in [0.717, 1.165) is 23.9 Å².